The molecular weight excluding hydrogens is 414 g/mol. The van der Waals surface area contributed by atoms with Crippen LogP contribution in [0.1, 0.15) is 23.1 Å². The fourth-order valence-electron chi connectivity index (χ4n) is 2.83. The molecule has 0 spiro atoms. The van der Waals surface area contributed by atoms with E-state index in [1.165, 1.54) is 16.0 Å². The molecule has 4 aromatic rings. The quantitative estimate of drug-likeness (QED) is 0.465. The number of carbonyl (C=O) groups excluding carboxylic acids is 1. The van der Waals surface area contributed by atoms with Gasteiger partial charge in [0.1, 0.15) is 17.3 Å². The number of benzene rings is 1. The molecule has 0 aliphatic carbocycles. The van der Waals surface area contributed by atoms with Gasteiger partial charge < -0.3 is 4.74 Å². The minimum atomic E-state index is -0.796. The van der Waals surface area contributed by atoms with E-state index in [9.17, 15) is 14.9 Å². The van der Waals surface area contributed by atoms with E-state index in [0.29, 0.717) is 15.6 Å². The van der Waals surface area contributed by atoms with Crippen molar-refractivity contribution in [3.05, 3.63) is 68.5 Å². The Kier molecular flexibility index (Phi) is 4.88. The Labute approximate surface area is 173 Å². The molecule has 3 heterocycles. The van der Waals surface area contributed by atoms with Gasteiger partial charge in [0, 0.05) is 5.02 Å². The minimum absolute atomic E-state index is 0.0720. The fraction of sp³-hybridized carbons (Fsp3) is 0.105. The molecule has 29 heavy (non-hydrogen) atoms. The molecule has 0 atom stereocenters. The number of carbonyl (C=O) groups is 1. The summed E-state index contributed by atoms with van der Waals surface area (Å²) in [4.78, 5) is 30.7. The second-order valence-corrected chi connectivity index (χ2v) is 7.18. The maximum Gasteiger partial charge on any atom is 0.376 e. The van der Waals surface area contributed by atoms with E-state index in [-0.39, 0.29) is 29.5 Å². The van der Waals surface area contributed by atoms with Gasteiger partial charge in [-0.3, -0.25) is 4.79 Å². The van der Waals surface area contributed by atoms with E-state index in [1.54, 1.807) is 43.3 Å². The number of rotatable bonds is 4. The lowest BCUT2D eigenvalue weighted by Gasteiger charge is -2.05. The maximum atomic E-state index is 13.1. The molecule has 0 aliphatic heterocycles. The van der Waals surface area contributed by atoms with E-state index in [2.05, 4.69) is 10.1 Å². The van der Waals surface area contributed by atoms with Gasteiger partial charge in [0.15, 0.2) is 0 Å². The van der Waals surface area contributed by atoms with Crippen molar-refractivity contribution in [2.45, 2.75) is 6.92 Å². The molecule has 1 aromatic carbocycles. The van der Waals surface area contributed by atoms with Crippen LogP contribution in [0.15, 0.2) is 46.6 Å². The molecule has 0 saturated carbocycles. The fourth-order valence-corrected chi connectivity index (χ4v) is 3.73. The van der Waals surface area contributed by atoms with Crippen molar-refractivity contribution in [3.8, 4) is 22.3 Å². The number of nitrogens with zero attached hydrogens (tertiary/aromatic N) is 5. The zero-order valence-corrected chi connectivity index (χ0v) is 16.6. The Morgan fingerprint density at radius 2 is 2.17 bits per heavy atom. The third-order valence-corrected chi connectivity index (χ3v) is 5.15. The summed E-state index contributed by atoms with van der Waals surface area (Å²) >= 11 is 7.44. The molecule has 4 rings (SSSR count). The monoisotopic (exact) mass is 425 g/mol. The van der Waals surface area contributed by atoms with Crippen molar-refractivity contribution < 1.29 is 9.53 Å². The third-order valence-electron chi connectivity index (χ3n) is 4.04. The van der Waals surface area contributed by atoms with E-state index < -0.39 is 11.5 Å². The number of fused-ring (bicyclic) bond motifs is 1. The molecule has 0 aliphatic rings. The summed E-state index contributed by atoms with van der Waals surface area (Å²) in [6, 6.07) is 12.2. The van der Waals surface area contributed by atoms with Crippen LogP contribution in [0.2, 0.25) is 5.02 Å². The van der Waals surface area contributed by atoms with Gasteiger partial charge in [0.2, 0.25) is 11.6 Å². The number of halogens is 1. The molecule has 0 radical (unpaired) electrons. The number of hydrogen-bond acceptors (Lipinski definition) is 7. The maximum absolute atomic E-state index is 13.1. The van der Waals surface area contributed by atoms with E-state index in [4.69, 9.17) is 16.3 Å². The van der Waals surface area contributed by atoms with Gasteiger partial charge in [-0.25, -0.2) is 14.2 Å². The van der Waals surface area contributed by atoms with Gasteiger partial charge in [0.25, 0.3) is 5.56 Å². The summed E-state index contributed by atoms with van der Waals surface area (Å²) in [5.74, 6) is -0.994. The van der Waals surface area contributed by atoms with Crippen LogP contribution in [0.25, 0.3) is 22.0 Å². The summed E-state index contributed by atoms with van der Waals surface area (Å²) < 4.78 is 7.36. The molecule has 144 valence electrons. The summed E-state index contributed by atoms with van der Waals surface area (Å²) in [5, 5.41) is 16.1. The topological polar surface area (TPSA) is 102 Å². The number of thiophene rings is 1. The average Bonchev–Trinajstić information content (AvgIpc) is 3.36. The standard InChI is InChI=1S/C19H12ClN5O3S/c1-2-28-18(27)16-23-25(12-6-3-5-11(20)9-12)19-22-15(14-7-4-8-29-14)13(10-21)17(26)24(16)19/h3-9H,2H2,1H3. The Morgan fingerprint density at radius 3 is 2.83 bits per heavy atom. The van der Waals surface area contributed by atoms with Crippen LogP contribution in [-0.4, -0.2) is 31.7 Å². The van der Waals surface area contributed by atoms with E-state index >= 15 is 0 Å². The number of hydrogen-bond donors (Lipinski definition) is 0. The molecule has 0 unspecified atom stereocenters. The molecular formula is C19H12ClN5O3S. The average molecular weight is 426 g/mol. The van der Waals surface area contributed by atoms with Crippen molar-refractivity contribution in [2.75, 3.05) is 6.61 Å². The summed E-state index contributed by atoms with van der Waals surface area (Å²) in [6.45, 7) is 1.75. The van der Waals surface area contributed by atoms with Crippen LogP contribution in [0.3, 0.4) is 0 Å². The predicted octanol–water partition coefficient (Wildman–Crippen LogP) is 3.31. The van der Waals surface area contributed by atoms with Gasteiger partial charge in [0.05, 0.1) is 17.2 Å². The SMILES string of the molecule is CCOC(=O)c1nn(-c2cccc(Cl)c2)c2nc(-c3cccs3)c(C#N)c(=O)n12. The minimum Gasteiger partial charge on any atom is -0.460 e. The highest BCUT2D eigenvalue weighted by Gasteiger charge is 2.26. The van der Waals surface area contributed by atoms with Crippen LogP contribution in [0.5, 0.6) is 0 Å². The number of ether oxygens (including phenoxy) is 1. The molecule has 0 fully saturated rings. The van der Waals surface area contributed by atoms with Crippen molar-refractivity contribution >= 4 is 34.7 Å². The Hall–Kier alpha value is -3.48. The Bertz CT molecular complexity index is 1330. The lowest BCUT2D eigenvalue weighted by Crippen LogP contribution is -2.23. The Morgan fingerprint density at radius 1 is 1.34 bits per heavy atom. The van der Waals surface area contributed by atoms with Crippen LogP contribution in [-0.2, 0) is 4.74 Å². The second-order valence-electron chi connectivity index (χ2n) is 5.80. The van der Waals surface area contributed by atoms with Crippen molar-refractivity contribution in [1.29, 1.82) is 5.26 Å². The van der Waals surface area contributed by atoms with Gasteiger partial charge in [-0.05, 0) is 36.6 Å². The normalized spacial score (nSPS) is 10.8. The highest BCUT2D eigenvalue weighted by molar-refractivity contribution is 7.13. The third kappa shape index (κ3) is 3.18. The summed E-state index contributed by atoms with van der Waals surface area (Å²) in [6.07, 6.45) is 0. The largest absolute Gasteiger partial charge is 0.460 e. The molecule has 10 heteroatoms. The van der Waals surface area contributed by atoms with E-state index in [1.807, 2.05) is 11.4 Å². The van der Waals surface area contributed by atoms with Crippen LogP contribution in [0, 0.1) is 11.3 Å². The first-order valence-corrected chi connectivity index (χ1v) is 9.73. The van der Waals surface area contributed by atoms with E-state index in [0.717, 1.165) is 4.40 Å². The number of nitriles is 1. The highest BCUT2D eigenvalue weighted by atomic mass is 35.5. The van der Waals surface area contributed by atoms with Crippen molar-refractivity contribution in [1.82, 2.24) is 19.2 Å². The molecule has 3 aromatic heterocycles. The number of esters is 1. The van der Waals surface area contributed by atoms with Gasteiger partial charge in [-0.15, -0.1) is 16.4 Å². The van der Waals surface area contributed by atoms with Crippen LogP contribution in [0.4, 0.5) is 0 Å². The zero-order chi connectivity index (χ0) is 20.5. The van der Waals surface area contributed by atoms with Crippen molar-refractivity contribution in [3.63, 3.8) is 0 Å². The molecule has 0 N–H and O–H groups in total. The Balaban J connectivity index is 2.12. The van der Waals surface area contributed by atoms with Gasteiger partial charge in [-0.1, -0.05) is 23.7 Å². The summed E-state index contributed by atoms with van der Waals surface area (Å²) in [7, 11) is 0. The van der Waals surface area contributed by atoms with Gasteiger partial charge >= 0.3 is 5.97 Å². The first-order valence-electron chi connectivity index (χ1n) is 8.48. The highest BCUT2D eigenvalue weighted by Crippen LogP contribution is 2.26. The molecule has 8 nitrogen and oxygen atoms in total. The molecule has 0 bridgehead atoms. The lowest BCUT2D eigenvalue weighted by molar-refractivity contribution is 0.0509. The zero-order valence-electron chi connectivity index (χ0n) is 15.0. The first-order chi connectivity index (χ1) is 14.0. The van der Waals surface area contributed by atoms with Gasteiger partial charge in [-0.2, -0.15) is 9.94 Å². The van der Waals surface area contributed by atoms with Crippen LogP contribution < -0.4 is 5.56 Å². The summed E-state index contributed by atoms with van der Waals surface area (Å²) in [5.41, 5.74) is -0.149. The lowest BCUT2D eigenvalue weighted by atomic mass is 10.2. The predicted molar refractivity (Wildman–Crippen MR) is 108 cm³/mol. The smallest absolute Gasteiger partial charge is 0.376 e. The molecule has 0 amide bonds. The van der Waals surface area contributed by atoms with Crippen molar-refractivity contribution in [2.24, 2.45) is 0 Å². The number of aromatic nitrogens is 4. The molecule has 0 saturated heterocycles. The first kappa shape index (κ1) is 18.9. The van der Waals surface area contributed by atoms with Crippen LogP contribution >= 0.6 is 22.9 Å². The second kappa shape index (κ2) is 7.50.